The van der Waals surface area contributed by atoms with Gasteiger partial charge in [0.1, 0.15) is 5.82 Å². The fourth-order valence-electron chi connectivity index (χ4n) is 3.59. The first kappa shape index (κ1) is 18.0. The zero-order valence-electron chi connectivity index (χ0n) is 15.5. The number of nitrogens with one attached hydrogen (secondary N) is 3. The summed E-state index contributed by atoms with van der Waals surface area (Å²) >= 11 is 0. The van der Waals surface area contributed by atoms with Crippen molar-refractivity contribution in [3.05, 3.63) is 59.5 Å². The Kier molecular flexibility index (Phi) is 4.73. The van der Waals surface area contributed by atoms with Crippen LogP contribution in [0.2, 0.25) is 0 Å². The molecule has 0 saturated carbocycles. The van der Waals surface area contributed by atoms with Gasteiger partial charge in [0.15, 0.2) is 0 Å². The number of hydrogen-bond acceptors (Lipinski definition) is 4. The van der Waals surface area contributed by atoms with Gasteiger partial charge in [-0.05, 0) is 36.8 Å². The molecule has 6 nitrogen and oxygen atoms in total. The predicted molar refractivity (Wildman–Crippen MR) is 108 cm³/mol. The van der Waals surface area contributed by atoms with Crippen LogP contribution < -0.4 is 20.9 Å². The number of halogens is 1. The number of anilines is 3. The molecule has 2 aliphatic heterocycles. The standard InChI is InChI=1S/C21H21FN4O2/c1-13-3-2-4-17-20(13)15(21(28)25-17)12-24-14-5-6-18(16(22)11-14)26-9-7-19(27)23-8-10-26/h2-6,11-12,24H,7-10H2,1H3,(H,23,27)(H,25,28). The second-order valence-electron chi connectivity index (χ2n) is 6.91. The van der Waals surface area contributed by atoms with Gasteiger partial charge in [-0.2, -0.15) is 0 Å². The molecule has 2 aromatic carbocycles. The topological polar surface area (TPSA) is 73.5 Å². The van der Waals surface area contributed by atoms with Gasteiger partial charge in [0.05, 0.1) is 11.3 Å². The Morgan fingerprint density at radius 1 is 1.18 bits per heavy atom. The number of benzene rings is 2. The maximum Gasteiger partial charge on any atom is 0.257 e. The highest BCUT2D eigenvalue weighted by atomic mass is 19.1. The molecular formula is C21H21FN4O2. The molecule has 0 radical (unpaired) electrons. The monoisotopic (exact) mass is 380 g/mol. The molecule has 2 aromatic rings. The number of hydrogen-bond donors (Lipinski definition) is 3. The molecule has 4 rings (SSSR count). The van der Waals surface area contributed by atoms with Crippen molar-refractivity contribution >= 4 is 34.4 Å². The van der Waals surface area contributed by atoms with Gasteiger partial charge in [-0.3, -0.25) is 9.59 Å². The maximum absolute atomic E-state index is 14.7. The van der Waals surface area contributed by atoms with Crippen LogP contribution in [0.4, 0.5) is 21.5 Å². The van der Waals surface area contributed by atoms with Gasteiger partial charge in [-0.1, -0.05) is 12.1 Å². The number of aryl methyl sites for hydroxylation is 1. The number of carbonyl (C=O) groups is 2. The number of carbonyl (C=O) groups excluding carboxylic acids is 2. The maximum atomic E-state index is 14.7. The lowest BCUT2D eigenvalue weighted by atomic mass is 10.0. The van der Waals surface area contributed by atoms with Crippen molar-refractivity contribution in [3.8, 4) is 0 Å². The van der Waals surface area contributed by atoms with Crippen LogP contribution in [0.3, 0.4) is 0 Å². The zero-order valence-corrected chi connectivity index (χ0v) is 15.5. The minimum absolute atomic E-state index is 0.0155. The first-order chi connectivity index (χ1) is 13.5. The van der Waals surface area contributed by atoms with Crippen molar-refractivity contribution in [2.45, 2.75) is 13.3 Å². The SMILES string of the molecule is Cc1cccc2c1C(=CNc1ccc(N3CCNC(=O)CC3)c(F)c1)C(=O)N2. The summed E-state index contributed by atoms with van der Waals surface area (Å²) < 4.78 is 14.7. The van der Waals surface area contributed by atoms with Crippen LogP contribution in [0.1, 0.15) is 17.5 Å². The van der Waals surface area contributed by atoms with Gasteiger partial charge in [0, 0.05) is 49.2 Å². The number of fused-ring (bicyclic) bond motifs is 1. The Morgan fingerprint density at radius 2 is 2.04 bits per heavy atom. The van der Waals surface area contributed by atoms with E-state index in [1.165, 1.54) is 6.07 Å². The molecule has 0 atom stereocenters. The molecular weight excluding hydrogens is 359 g/mol. The van der Waals surface area contributed by atoms with Crippen molar-refractivity contribution in [2.24, 2.45) is 0 Å². The van der Waals surface area contributed by atoms with E-state index in [1.807, 2.05) is 30.0 Å². The highest BCUT2D eigenvalue weighted by Crippen LogP contribution is 2.34. The average Bonchev–Trinajstić information content (AvgIpc) is 2.84. The van der Waals surface area contributed by atoms with Gasteiger partial charge in [-0.15, -0.1) is 0 Å². The first-order valence-electron chi connectivity index (χ1n) is 9.22. The average molecular weight is 380 g/mol. The minimum Gasteiger partial charge on any atom is -0.367 e. The van der Waals surface area contributed by atoms with Crippen LogP contribution in [0.25, 0.3) is 5.57 Å². The third-order valence-electron chi connectivity index (χ3n) is 5.02. The van der Waals surface area contributed by atoms with Crippen molar-refractivity contribution < 1.29 is 14.0 Å². The Morgan fingerprint density at radius 3 is 2.86 bits per heavy atom. The molecule has 0 aliphatic carbocycles. The molecule has 28 heavy (non-hydrogen) atoms. The van der Waals surface area contributed by atoms with Gasteiger partial charge in [0.25, 0.3) is 5.91 Å². The van der Waals surface area contributed by atoms with Crippen molar-refractivity contribution in [1.29, 1.82) is 0 Å². The van der Waals surface area contributed by atoms with Crippen LogP contribution in [0.5, 0.6) is 0 Å². The Balaban J connectivity index is 1.54. The second-order valence-corrected chi connectivity index (χ2v) is 6.91. The van der Waals surface area contributed by atoms with E-state index in [-0.39, 0.29) is 17.6 Å². The lowest BCUT2D eigenvalue weighted by molar-refractivity contribution is -0.120. The summed E-state index contributed by atoms with van der Waals surface area (Å²) in [5, 5.41) is 8.65. The Hall–Kier alpha value is -3.35. The summed E-state index contributed by atoms with van der Waals surface area (Å²) in [4.78, 5) is 25.6. The van der Waals surface area contributed by atoms with Crippen LogP contribution >= 0.6 is 0 Å². The van der Waals surface area contributed by atoms with Crippen molar-refractivity contribution in [3.63, 3.8) is 0 Å². The smallest absolute Gasteiger partial charge is 0.257 e. The van der Waals surface area contributed by atoms with E-state index in [4.69, 9.17) is 0 Å². The number of amides is 2. The van der Waals surface area contributed by atoms with Crippen LogP contribution in [-0.4, -0.2) is 31.4 Å². The summed E-state index contributed by atoms with van der Waals surface area (Å²) in [6, 6.07) is 10.6. The first-order valence-corrected chi connectivity index (χ1v) is 9.22. The predicted octanol–water partition coefficient (Wildman–Crippen LogP) is 2.87. The van der Waals surface area contributed by atoms with E-state index < -0.39 is 0 Å². The highest BCUT2D eigenvalue weighted by molar-refractivity contribution is 6.32. The quantitative estimate of drug-likeness (QED) is 0.716. The summed E-state index contributed by atoms with van der Waals surface area (Å²) in [5.41, 5.74) is 4.18. The third-order valence-corrected chi connectivity index (χ3v) is 5.02. The fourth-order valence-corrected chi connectivity index (χ4v) is 3.59. The molecule has 2 aliphatic rings. The zero-order chi connectivity index (χ0) is 19.7. The number of rotatable bonds is 3. The van der Waals surface area contributed by atoms with Gasteiger partial charge in [-0.25, -0.2) is 4.39 Å². The fraction of sp³-hybridized carbons (Fsp3) is 0.238. The number of nitrogens with zero attached hydrogens (tertiary/aromatic N) is 1. The van der Waals surface area contributed by atoms with Gasteiger partial charge < -0.3 is 20.9 Å². The summed E-state index contributed by atoms with van der Waals surface area (Å²) in [7, 11) is 0. The molecule has 3 N–H and O–H groups in total. The molecule has 2 heterocycles. The van der Waals surface area contributed by atoms with E-state index in [0.29, 0.717) is 43.0 Å². The molecule has 1 saturated heterocycles. The largest absolute Gasteiger partial charge is 0.367 e. The molecule has 0 spiro atoms. The Labute approximate surface area is 162 Å². The van der Waals surface area contributed by atoms with E-state index in [2.05, 4.69) is 16.0 Å². The lowest BCUT2D eigenvalue weighted by Gasteiger charge is -2.22. The summed E-state index contributed by atoms with van der Waals surface area (Å²) in [6.07, 6.45) is 1.95. The van der Waals surface area contributed by atoms with E-state index >= 15 is 0 Å². The Bertz CT molecular complexity index is 986. The van der Waals surface area contributed by atoms with Crippen molar-refractivity contribution in [1.82, 2.24) is 5.32 Å². The van der Waals surface area contributed by atoms with Crippen LogP contribution in [-0.2, 0) is 9.59 Å². The van der Waals surface area contributed by atoms with Crippen LogP contribution in [0, 0.1) is 12.7 Å². The highest BCUT2D eigenvalue weighted by Gasteiger charge is 2.25. The molecule has 0 bridgehead atoms. The molecule has 0 unspecified atom stereocenters. The van der Waals surface area contributed by atoms with E-state index in [1.54, 1.807) is 18.3 Å². The van der Waals surface area contributed by atoms with Gasteiger partial charge >= 0.3 is 0 Å². The van der Waals surface area contributed by atoms with Crippen LogP contribution in [0.15, 0.2) is 42.6 Å². The van der Waals surface area contributed by atoms with Crippen molar-refractivity contribution in [2.75, 3.05) is 35.2 Å². The lowest BCUT2D eigenvalue weighted by Crippen LogP contribution is -2.29. The molecule has 0 aromatic heterocycles. The van der Waals surface area contributed by atoms with E-state index in [0.717, 1.165) is 16.8 Å². The van der Waals surface area contributed by atoms with E-state index in [9.17, 15) is 14.0 Å². The second kappa shape index (κ2) is 7.34. The third kappa shape index (κ3) is 3.43. The molecule has 2 amide bonds. The normalized spacial score (nSPS) is 17.8. The molecule has 1 fully saturated rings. The summed E-state index contributed by atoms with van der Waals surface area (Å²) in [5.74, 6) is -0.570. The minimum atomic E-state index is -0.370. The van der Waals surface area contributed by atoms with Gasteiger partial charge in [0.2, 0.25) is 5.91 Å². The molecule has 144 valence electrons. The molecule has 7 heteroatoms. The summed E-state index contributed by atoms with van der Waals surface area (Å²) in [6.45, 7) is 3.49.